The van der Waals surface area contributed by atoms with Crippen LogP contribution in [0, 0.1) is 0 Å². The molecule has 0 amide bonds. The second-order valence-electron chi connectivity index (χ2n) is 2.81. The third-order valence-corrected chi connectivity index (χ3v) is 2.62. The molecular formula is C9H11Cl2N. The largest absolute Gasteiger partial charge is 0.244 e. The molecule has 1 aromatic rings. The summed E-state index contributed by atoms with van der Waals surface area (Å²) in [6, 6.07) is 1.77. The Balaban J connectivity index is 3.12. The second kappa shape index (κ2) is 4.11. The first kappa shape index (κ1) is 9.82. The van der Waals surface area contributed by atoms with Crippen molar-refractivity contribution in [2.24, 2.45) is 0 Å². The zero-order valence-corrected chi connectivity index (χ0v) is 8.65. The summed E-state index contributed by atoms with van der Waals surface area (Å²) >= 11 is 11.9. The van der Waals surface area contributed by atoms with Crippen molar-refractivity contribution in [3.05, 3.63) is 28.0 Å². The molecular weight excluding hydrogens is 193 g/mol. The fourth-order valence-corrected chi connectivity index (χ4v) is 1.79. The summed E-state index contributed by atoms with van der Waals surface area (Å²) in [5, 5.41) is 1.24. The molecule has 1 atom stereocenters. The number of nitrogens with zero attached hydrogens (tertiary/aromatic N) is 1. The maximum Gasteiger partial charge on any atom is 0.133 e. The van der Waals surface area contributed by atoms with Gasteiger partial charge in [0, 0.05) is 16.8 Å². The molecule has 12 heavy (non-hydrogen) atoms. The van der Waals surface area contributed by atoms with Gasteiger partial charge < -0.3 is 0 Å². The SMILES string of the molecule is CC[C@@H](C)c1c(Cl)ccnc1Cl. The first-order valence-electron chi connectivity index (χ1n) is 3.96. The van der Waals surface area contributed by atoms with E-state index in [1.807, 2.05) is 0 Å². The lowest BCUT2D eigenvalue weighted by Crippen LogP contribution is -1.95. The van der Waals surface area contributed by atoms with Gasteiger partial charge in [-0.2, -0.15) is 0 Å². The molecule has 0 aromatic carbocycles. The van der Waals surface area contributed by atoms with E-state index in [1.54, 1.807) is 12.3 Å². The monoisotopic (exact) mass is 203 g/mol. The van der Waals surface area contributed by atoms with Crippen LogP contribution in [0.3, 0.4) is 0 Å². The predicted octanol–water partition coefficient (Wildman–Crippen LogP) is 3.90. The lowest BCUT2D eigenvalue weighted by molar-refractivity contribution is 0.730. The first-order chi connectivity index (χ1) is 5.66. The van der Waals surface area contributed by atoms with E-state index in [9.17, 15) is 0 Å². The molecule has 1 rings (SSSR count). The number of halogens is 2. The van der Waals surface area contributed by atoms with Gasteiger partial charge in [0.1, 0.15) is 5.15 Å². The Morgan fingerprint density at radius 3 is 2.67 bits per heavy atom. The third kappa shape index (κ3) is 1.90. The average molecular weight is 204 g/mol. The predicted molar refractivity (Wildman–Crippen MR) is 53.0 cm³/mol. The van der Waals surface area contributed by atoms with Crippen LogP contribution in [0.2, 0.25) is 10.2 Å². The highest BCUT2D eigenvalue weighted by Gasteiger charge is 2.12. The first-order valence-corrected chi connectivity index (χ1v) is 4.72. The van der Waals surface area contributed by atoms with E-state index < -0.39 is 0 Å². The van der Waals surface area contributed by atoms with Crippen molar-refractivity contribution in [1.82, 2.24) is 4.98 Å². The third-order valence-electron chi connectivity index (χ3n) is 1.99. The lowest BCUT2D eigenvalue weighted by atomic mass is 10.0. The molecule has 3 heteroatoms. The summed E-state index contributed by atoms with van der Waals surface area (Å²) in [4.78, 5) is 3.99. The van der Waals surface area contributed by atoms with Crippen molar-refractivity contribution >= 4 is 23.2 Å². The Bertz CT molecular complexity index is 253. The van der Waals surface area contributed by atoms with Crippen molar-refractivity contribution < 1.29 is 0 Å². The van der Waals surface area contributed by atoms with Crippen LogP contribution in [-0.4, -0.2) is 4.98 Å². The zero-order chi connectivity index (χ0) is 9.14. The molecule has 0 aliphatic heterocycles. The molecule has 0 unspecified atom stereocenters. The van der Waals surface area contributed by atoms with Gasteiger partial charge in [-0.25, -0.2) is 4.98 Å². The number of hydrogen-bond acceptors (Lipinski definition) is 1. The topological polar surface area (TPSA) is 12.9 Å². The highest BCUT2D eigenvalue weighted by Crippen LogP contribution is 2.31. The van der Waals surface area contributed by atoms with E-state index in [0.717, 1.165) is 12.0 Å². The molecule has 66 valence electrons. The van der Waals surface area contributed by atoms with Crippen LogP contribution >= 0.6 is 23.2 Å². The van der Waals surface area contributed by atoms with Gasteiger partial charge in [-0.15, -0.1) is 0 Å². The Hall–Kier alpha value is -0.270. The Morgan fingerprint density at radius 2 is 2.17 bits per heavy atom. The molecule has 0 saturated carbocycles. The van der Waals surface area contributed by atoms with Gasteiger partial charge in [-0.05, 0) is 18.4 Å². The van der Waals surface area contributed by atoms with Crippen LogP contribution in [0.25, 0.3) is 0 Å². The van der Waals surface area contributed by atoms with E-state index in [2.05, 4.69) is 18.8 Å². The minimum Gasteiger partial charge on any atom is -0.244 e. The van der Waals surface area contributed by atoms with Crippen molar-refractivity contribution in [3.8, 4) is 0 Å². The summed E-state index contributed by atoms with van der Waals surface area (Å²) in [5.41, 5.74) is 0.961. The van der Waals surface area contributed by atoms with E-state index in [4.69, 9.17) is 23.2 Å². The summed E-state index contributed by atoms with van der Waals surface area (Å²) in [7, 11) is 0. The molecule has 0 saturated heterocycles. The second-order valence-corrected chi connectivity index (χ2v) is 3.57. The fourth-order valence-electron chi connectivity index (χ4n) is 1.07. The van der Waals surface area contributed by atoms with Gasteiger partial charge in [0.25, 0.3) is 0 Å². The minimum atomic E-state index is 0.374. The molecule has 0 bridgehead atoms. The van der Waals surface area contributed by atoms with E-state index >= 15 is 0 Å². The molecule has 0 aliphatic rings. The van der Waals surface area contributed by atoms with Gasteiger partial charge in [-0.1, -0.05) is 37.0 Å². The molecule has 0 N–H and O–H groups in total. The van der Waals surface area contributed by atoms with E-state index in [1.165, 1.54) is 0 Å². The number of pyridine rings is 1. The van der Waals surface area contributed by atoms with Gasteiger partial charge in [-0.3, -0.25) is 0 Å². The maximum absolute atomic E-state index is 5.98. The van der Waals surface area contributed by atoms with Gasteiger partial charge in [0.15, 0.2) is 0 Å². The fraction of sp³-hybridized carbons (Fsp3) is 0.444. The summed E-state index contributed by atoms with van der Waals surface area (Å²) in [5.74, 6) is 0.374. The standard InChI is InChI=1S/C9H11Cl2N/c1-3-6(2)8-7(10)4-5-12-9(8)11/h4-6H,3H2,1-2H3/t6-/m1/s1. The van der Waals surface area contributed by atoms with Crippen LogP contribution in [-0.2, 0) is 0 Å². The molecule has 1 aromatic heterocycles. The Kier molecular flexibility index (Phi) is 3.36. The highest BCUT2D eigenvalue weighted by atomic mass is 35.5. The van der Waals surface area contributed by atoms with Gasteiger partial charge >= 0.3 is 0 Å². The van der Waals surface area contributed by atoms with Crippen molar-refractivity contribution in [2.45, 2.75) is 26.2 Å². The van der Waals surface area contributed by atoms with E-state index in [-0.39, 0.29) is 0 Å². The number of rotatable bonds is 2. The smallest absolute Gasteiger partial charge is 0.133 e. The van der Waals surface area contributed by atoms with Crippen LogP contribution in [0.1, 0.15) is 31.7 Å². The van der Waals surface area contributed by atoms with Crippen LogP contribution < -0.4 is 0 Å². The van der Waals surface area contributed by atoms with Crippen LogP contribution in [0.4, 0.5) is 0 Å². The van der Waals surface area contributed by atoms with Gasteiger partial charge in [0.2, 0.25) is 0 Å². The van der Waals surface area contributed by atoms with Crippen molar-refractivity contribution in [1.29, 1.82) is 0 Å². The average Bonchev–Trinajstić information content (AvgIpc) is 2.03. The van der Waals surface area contributed by atoms with Crippen LogP contribution in [0.15, 0.2) is 12.3 Å². The minimum absolute atomic E-state index is 0.374. The Morgan fingerprint density at radius 1 is 1.50 bits per heavy atom. The van der Waals surface area contributed by atoms with Gasteiger partial charge in [0.05, 0.1) is 0 Å². The zero-order valence-electron chi connectivity index (χ0n) is 7.14. The molecule has 0 aliphatic carbocycles. The highest BCUT2D eigenvalue weighted by molar-refractivity contribution is 6.35. The number of hydrogen-bond donors (Lipinski definition) is 0. The molecule has 1 nitrogen and oxygen atoms in total. The van der Waals surface area contributed by atoms with Crippen molar-refractivity contribution in [3.63, 3.8) is 0 Å². The molecule has 0 spiro atoms. The quantitative estimate of drug-likeness (QED) is 0.665. The summed E-state index contributed by atoms with van der Waals surface area (Å²) < 4.78 is 0. The van der Waals surface area contributed by atoms with Crippen molar-refractivity contribution in [2.75, 3.05) is 0 Å². The lowest BCUT2D eigenvalue weighted by Gasteiger charge is -2.11. The summed E-state index contributed by atoms with van der Waals surface area (Å²) in [6.07, 6.45) is 2.64. The number of aromatic nitrogens is 1. The summed E-state index contributed by atoms with van der Waals surface area (Å²) in [6.45, 7) is 4.19. The Labute approximate surface area is 82.7 Å². The molecule has 1 heterocycles. The molecule has 0 radical (unpaired) electrons. The van der Waals surface area contributed by atoms with Crippen LogP contribution in [0.5, 0.6) is 0 Å². The van der Waals surface area contributed by atoms with E-state index in [0.29, 0.717) is 16.1 Å². The maximum atomic E-state index is 5.98. The molecule has 0 fully saturated rings. The normalized spacial score (nSPS) is 13.0.